The molecule has 0 fully saturated rings. The van der Waals surface area contributed by atoms with Gasteiger partial charge in [0.2, 0.25) is 11.2 Å². The van der Waals surface area contributed by atoms with Gasteiger partial charge in [0.1, 0.15) is 23.5 Å². The monoisotopic (exact) mass is 315 g/mol. The highest BCUT2D eigenvalue weighted by Crippen LogP contribution is 2.43. The zero-order valence-electron chi connectivity index (χ0n) is 11.8. The SMILES string of the molecule is [C-]#[N+]c1cn2c(c1C#N)NC(C#N)(C#N)c1ccc([N+](=O)[O-])cc1-2. The maximum atomic E-state index is 11.0. The van der Waals surface area contributed by atoms with E-state index in [4.69, 9.17) is 6.57 Å². The van der Waals surface area contributed by atoms with Crippen molar-refractivity contribution in [3.63, 3.8) is 0 Å². The number of aromatic nitrogens is 1. The second-order valence-corrected chi connectivity index (χ2v) is 4.89. The van der Waals surface area contributed by atoms with Gasteiger partial charge in [-0.25, -0.2) is 4.85 Å². The van der Waals surface area contributed by atoms with Crippen LogP contribution in [-0.4, -0.2) is 9.49 Å². The van der Waals surface area contributed by atoms with Crippen LogP contribution in [0.4, 0.5) is 17.2 Å². The molecule has 0 radical (unpaired) electrons. The van der Waals surface area contributed by atoms with Crippen molar-refractivity contribution in [2.45, 2.75) is 5.54 Å². The average molecular weight is 315 g/mol. The van der Waals surface area contributed by atoms with E-state index >= 15 is 0 Å². The van der Waals surface area contributed by atoms with Gasteiger partial charge in [-0.3, -0.25) is 10.1 Å². The Bertz CT molecular complexity index is 1060. The molecular formula is C15H5N7O2. The third-order valence-corrected chi connectivity index (χ3v) is 3.71. The molecule has 0 amide bonds. The Balaban J connectivity index is 2.45. The van der Waals surface area contributed by atoms with Crippen molar-refractivity contribution < 1.29 is 4.92 Å². The molecule has 9 nitrogen and oxygen atoms in total. The van der Waals surface area contributed by atoms with Crippen LogP contribution in [0.1, 0.15) is 11.1 Å². The van der Waals surface area contributed by atoms with E-state index in [1.54, 1.807) is 0 Å². The van der Waals surface area contributed by atoms with E-state index in [0.29, 0.717) is 0 Å². The van der Waals surface area contributed by atoms with Crippen molar-refractivity contribution in [2.24, 2.45) is 0 Å². The Morgan fingerprint density at radius 2 is 2.04 bits per heavy atom. The molecule has 1 aliphatic heterocycles. The first-order valence-corrected chi connectivity index (χ1v) is 6.44. The number of nitrogens with one attached hydrogen (secondary N) is 1. The number of nitriles is 3. The standard InChI is InChI=1S/C15H5N7O2/c1-19-12-6-21-13-4-9(22(23)24)2-3-11(13)15(7-17,8-18)20-14(21)10(12)5-16/h2-4,6,20H. The van der Waals surface area contributed by atoms with Gasteiger partial charge in [0.25, 0.3) is 5.69 Å². The topological polar surface area (TPSA) is 136 Å². The molecule has 1 N–H and O–H groups in total. The molecule has 0 bridgehead atoms. The Labute approximate surface area is 135 Å². The number of anilines is 1. The van der Waals surface area contributed by atoms with E-state index in [9.17, 15) is 25.9 Å². The minimum Gasteiger partial charge on any atom is -0.338 e. The predicted octanol–water partition coefficient (Wildman–Crippen LogP) is 2.48. The Morgan fingerprint density at radius 3 is 2.58 bits per heavy atom. The number of rotatable bonds is 1. The minimum atomic E-state index is -1.82. The Hall–Kier alpha value is -4.34. The van der Waals surface area contributed by atoms with E-state index in [-0.39, 0.29) is 34.0 Å². The van der Waals surface area contributed by atoms with Crippen molar-refractivity contribution >= 4 is 17.2 Å². The molecule has 9 heteroatoms. The number of nitro groups is 1. The quantitative estimate of drug-likeness (QED) is 0.487. The lowest BCUT2D eigenvalue weighted by Gasteiger charge is -2.31. The third kappa shape index (κ3) is 1.70. The summed E-state index contributed by atoms with van der Waals surface area (Å²) in [6, 6.07) is 9.28. The van der Waals surface area contributed by atoms with Crippen LogP contribution in [0.3, 0.4) is 0 Å². The molecule has 0 saturated heterocycles. The molecule has 2 heterocycles. The molecule has 3 rings (SSSR count). The lowest BCUT2D eigenvalue weighted by Crippen LogP contribution is -2.37. The summed E-state index contributed by atoms with van der Waals surface area (Å²) in [7, 11) is 0. The van der Waals surface area contributed by atoms with Gasteiger partial charge in [0.15, 0.2) is 0 Å². The highest BCUT2D eigenvalue weighted by Gasteiger charge is 2.42. The maximum Gasteiger partial charge on any atom is 0.271 e. The first kappa shape index (κ1) is 14.6. The molecule has 0 unspecified atom stereocenters. The number of nitro benzene ring substituents is 1. The van der Waals surface area contributed by atoms with E-state index < -0.39 is 10.5 Å². The number of hydrogen-bond acceptors (Lipinski definition) is 6. The summed E-state index contributed by atoms with van der Waals surface area (Å²) in [6.07, 6.45) is 1.34. The molecule has 112 valence electrons. The van der Waals surface area contributed by atoms with Crippen molar-refractivity contribution in [2.75, 3.05) is 5.32 Å². The third-order valence-electron chi connectivity index (χ3n) is 3.71. The number of fused-ring (bicyclic) bond motifs is 3. The van der Waals surface area contributed by atoms with E-state index in [2.05, 4.69) is 10.2 Å². The van der Waals surface area contributed by atoms with Gasteiger partial charge in [-0.05, 0) is 6.07 Å². The van der Waals surface area contributed by atoms with Crippen LogP contribution in [0.5, 0.6) is 0 Å². The van der Waals surface area contributed by atoms with E-state index in [0.717, 1.165) is 0 Å². The zero-order valence-corrected chi connectivity index (χ0v) is 11.8. The minimum absolute atomic E-state index is 0.0177. The molecule has 0 atom stereocenters. The van der Waals surface area contributed by atoms with Crippen LogP contribution in [0, 0.1) is 50.7 Å². The van der Waals surface area contributed by atoms with Crippen LogP contribution in [0.2, 0.25) is 0 Å². The summed E-state index contributed by atoms with van der Waals surface area (Å²) in [5.74, 6) is 0.0830. The number of benzene rings is 1. The molecule has 1 aliphatic rings. The fourth-order valence-corrected chi connectivity index (χ4v) is 2.60. The normalized spacial score (nSPS) is 13.0. The summed E-state index contributed by atoms with van der Waals surface area (Å²) in [5, 5.41) is 42.0. The highest BCUT2D eigenvalue weighted by atomic mass is 16.6. The first-order chi connectivity index (χ1) is 11.5. The van der Waals surface area contributed by atoms with Gasteiger partial charge in [0.05, 0.1) is 23.3 Å². The second kappa shape index (κ2) is 4.84. The number of non-ortho nitro benzene ring substituents is 1. The molecule has 0 saturated carbocycles. The summed E-state index contributed by atoms with van der Waals surface area (Å²) in [5.41, 5.74) is -1.65. The van der Waals surface area contributed by atoms with Crippen molar-refractivity contribution in [1.29, 1.82) is 15.8 Å². The van der Waals surface area contributed by atoms with Crippen LogP contribution >= 0.6 is 0 Å². The highest BCUT2D eigenvalue weighted by molar-refractivity contribution is 5.79. The summed E-state index contributed by atoms with van der Waals surface area (Å²) in [6.45, 7) is 7.15. The van der Waals surface area contributed by atoms with Gasteiger partial charge < -0.3 is 9.88 Å². The number of hydrogen-bond donors (Lipinski definition) is 1. The molecule has 1 aromatic carbocycles. The molecule has 0 aliphatic carbocycles. The number of nitrogens with zero attached hydrogens (tertiary/aromatic N) is 6. The van der Waals surface area contributed by atoms with Crippen molar-refractivity contribution in [1.82, 2.24) is 4.57 Å². The van der Waals surface area contributed by atoms with Gasteiger partial charge in [0, 0.05) is 23.9 Å². The van der Waals surface area contributed by atoms with Gasteiger partial charge >= 0.3 is 0 Å². The summed E-state index contributed by atoms with van der Waals surface area (Å²) in [4.78, 5) is 13.7. The van der Waals surface area contributed by atoms with Crippen LogP contribution in [0.25, 0.3) is 10.5 Å². The van der Waals surface area contributed by atoms with E-state index in [1.807, 2.05) is 18.2 Å². The molecule has 1 aromatic heterocycles. The predicted molar refractivity (Wildman–Crippen MR) is 79.9 cm³/mol. The molecule has 2 aromatic rings. The maximum absolute atomic E-state index is 11.0. The lowest BCUT2D eigenvalue weighted by molar-refractivity contribution is -0.384. The summed E-state index contributed by atoms with van der Waals surface area (Å²) >= 11 is 0. The molecule has 24 heavy (non-hydrogen) atoms. The zero-order chi connectivity index (χ0) is 17.5. The Kier molecular flexibility index (Phi) is 2.95. The van der Waals surface area contributed by atoms with Crippen LogP contribution in [0.15, 0.2) is 24.4 Å². The van der Waals surface area contributed by atoms with Crippen LogP contribution in [-0.2, 0) is 5.54 Å². The summed E-state index contributed by atoms with van der Waals surface area (Å²) < 4.78 is 1.38. The van der Waals surface area contributed by atoms with Crippen molar-refractivity contribution in [3.8, 4) is 23.9 Å². The van der Waals surface area contributed by atoms with E-state index in [1.165, 1.54) is 29.0 Å². The fourth-order valence-electron chi connectivity index (χ4n) is 2.60. The first-order valence-electron chi connectivity index (χ1n) is 6.44. The Morgan fingerprint density at radius 1 is 1.33 bits per heavy atom. The second-order valence-electron chi connectivity index (χ2n) is 4.89. The van der Waals surface area contributed by atoms with Crippen LogP contribution < -0.4 is 5.32 Å². The average Bonchev–Trinajstić information content (AvgIpc) is 2.97. The fraction of sp³-hybridized carbons (Fsp3) is 0.0667. The largest absolute Gasteiger partial charge is 0.338 e. The van der Waals surface area contributed by atoms with Crippen molar-refractivity contribution in [3.05, 3.63) is 57.1 Å². The lowest BCUT2D eigenvalue weighted by atomic mass is 9.89. The molecular weight excluding hydrogens is 310 g/mol. The van der Waals surface area contributed by atoms with Gasteiger partial charge in [-0.1, -0.05) is 0 Å². The van der Waals surface area contributed by atoms with Gasteiger partial charge in [-0.15, -0.1) is 0 Å². The smallest absolute Gasteiger partial charge is 0.271 e. The van der Waals surface area contributed by atoms with Gasteiger partial charge in [-0.2, -0.15) is 15.8 Å². The molecule has 0 spiro atoms.